The highest BCUT2D eigenvalue weighted by molar-refractivity contribution is 7.88. The van der Waals surface area contributed by atoms with E-state index in [1.165, 1.54) is 0 Å². The Morgan fingerprint density at radius 3 is 2.63 bits per heavy atom. The number of hydrogen-bond acceptors (Lipinski definition) is 5. The minimum atomic E-state index is -3.26. The molecular formula is C10H14FN3O4S. The van der Waals surface area contributed by atoms with E-state index in [2.05, 4.69) is 10.0 Å². The van der Waals surface area contributed by atoms with Crippen molar-refractivity contribution in [1.82, 2.24) is 10.0 Å². The fraction of sp³-hybridized carbons (Fsp3) is 0.400. The quantitative estimate of drug-likeness (QED) is 0.429. The first-order valence-corrected chi connectivity index (χ1v) is 7.27. The first-order chi connectivity index (χ1) is 8.79. The lowest BCUT2D eigenvalue weighted by atomic mass is 10.1. The molecule has 0 spiro atoms. The van der Waals surface area contributed by atoms with Crippen LogP contribution >= 0.6 is 0 Å². The van der Waals surface area contributed by atoms with Crippen LogP contribution in [0.1, 0.15) is 5.56 Å². The molecule has 1 rings (SSSR count). The van der Waals surface area contributed by atoms with Crippen LogP contribution in [0, 0.1) is 15.9 Å². The third-order valence-corrected chi connectivity index (χ3v) is 2.95. The molecule has 0 unspecified atom stereocenters. The second-order valence-electron chi connectivity index (χ2n) is 3.87. The summed E-state index contributed by atoms with van der Waals surface area (Å²) in [6.07, 6.45) is 1.03. The van der Waals surface area contributed by atoms with Crippen LogP contribution in [0.25, 0.3) is 0 Å². The van der Waals surface area contributed by atoms with Crippen molar-refractivity contribution in [3.05, 3.63) is 39.7 Å². The largest absolute Gasteiger partial charge is 0.311 e. The highest BCUT2D eigenvalue weighted by Gasteiger charge is 2.13. The van der Waals surface area contributed by atoms with Crippen molar-refractivity contribution in [2.24, 2.45) is 0 Å². The number of sulfonamides is 1. The van der Waals surface area contributed by atoms with Gasteiger partial charge in [0.2, 0.25) is 10.0 Å². The Labute approximate surface area is 110 Å². The molecule has 0 saturated carbocycles. The SMILES string of the molecule is CS(=O)(=O)NCCNCc1cc(F)ccc1[N+](=O)[O-]. The summed E-state index contributed by atoms with van der Waals surface area (Å²) in [7, 11) is -3.26. The Bertz CT molecular complexity index is 562. The van der Waals surface area contributed by atoms with Crippen LogP contribution in [0.4, 0.5) is 10.1 Å². The van der Waals surface area contributed by atoms with E-state index in [1.807, 2.05) is 0 Å². The van der Waals surface area contributed by atoms with Gasteiger partial charge in [0.05, 0.1) is 11.2 Å². The van der Waals surface area contributed by atoms with E-state index in [0.29, 0.717) is 0 Å². The zero-order chi connectivity index (χ0) is 14.5. The van der Waals surface area contributed by atoms with Gasteiger partial charge in [-0.1, -0.05) is 0 Å². The molecule has 1 aromatic carbocycles. The lowest BCUT2D eigenvalue weighted by molar-refractivity contribution is -0.385. The van der Waals surface area contributed by atoms with E-state index in [1.54, 1.807) is 0 Å². The third kappa shape index (κ3) is 5.73. The van der Waals surface area contributed by atoms with Gasteiger partial charge in [0, 0.05) is 31.3 Å². The lowest BCUT2D eigenvalue weighted by Gasteiger charge is -2.06. The van der Waals surface area contributed by atoms with Crippen LogP contribution in [0.3, 0.4) is 0 Å². The molecule has 0 aliphatic rings. The van der Waals surface area contributed by atoms with Crippen molar-refractivity contribution in [2.45, 2.75) is 6.54 Å². The van der Waals surface area contributed by atoms with Crippen molar-refractivity contribution in [2.75, 3.05) is 19.3 Å². The molecule has 0 amide bonds. The fourth-order valence-corrected chi connectivity index (χ4v) is 1.89. The summed E-state index contributed by atoms with van der Waals surface area (Å²) in [5, 5.41) is 13.5. The number of halogens is 1. The van der Waals surface area contributed by atoms with Crippen molar-refractivity contribution in [3.8, 4) is 0 Å². The normalized spacial score (nSPS) is 11.5. The molecule has 0 heterocycles. The minimum Gasteiger partial charge on any atom is -0.311 e. The van der Waals surface area contributed by atoms with Gasteiger partial charge in [-0.25, -0.2) is 17.5 Å². The Morgan fingerprint density at radius 2 is 2.05 bits per heavy atom. The van der Waals surface area contributed by atoms with E-state index in [0.717, 1.165) is 24.5 Å². The topological polar surface area (TPSA) is 101 Å². The van der Waals surface area contributed by atoms with E-state index in [4.69, 9.17) is 0 Å². The van der Waals surface area contributed by atoms with Gasteiger partial charge in [-0.15, -0.1) is 0 Å². The molecule has 9 heteroatoms. The van der Waals surface area contributed by atoms with Crippen molar-refractivity contribution in [3.63, 3.8) is 0 Å². The minimum absolute atomic E-state index is 0.0829. The first kappa shape index (κ1) is 15.5. The molecule has 0 aliphatic heterocycles. The molecular weight excluding hydrogens is 277 g/mol. The maximum Gasteiger partial charge on any atom is 0.274 e. The standard InChI is InChI=1S/C10H14FN3O4S/c1-19(17,18)13-5-4-12-7-8-6-9(11)2-3-10(8)14(15)16/h2-3,6,12-13H,4-5,7H2,1H3. The highest BCUT2D eigenvalue weighted by Crippen LogP contribution is 2.18. The molecule has 0 radical (unpaired) electrons. The van der Waals surface area contributed by atoms with Crippen LogP contribution in [-0.2, 0) is 16.6 Å². The number of nitro groups is 1. The Balaban J connectivity index is 2.53. The number of nitrogens with one attached hydrogen (secondary N) is 2. The van der Waals surface area contributed by atoms with Crippen molar-refractivity contribution >= 4 is 15.7 Å². The molecule has 0 aromatic heterocycles. The second kappa shape index (κ2) is 6.55. The average Bonchev–Trinajstić information content (AvgIpc) is 2.26. The van der Waals surface area contributed by atoms with Gasteiger partial charge in [0.1, 0.15) is 5.82 Å². The molecule has 0 bridgehead atoms. The van der Waals surface area contributed by atoms with Gasteiger partial charge < -0.3 is 5.32 Å². The Hall–Kier alpha value is -1.58. The summed E-state index contributed by atoms with van der Waals surface area (Å²) in [4.78, 5) is 10.1. The molecule has 0 saturated heterocycles. The number of nitrogens with zero attached hydrogens (tertiary/aromatic N) is 1. The monoisotopic (exact) mass is 291 g/mol. The maximum absolute atomic E-state index is 13.0. The molecule has 0 fully saturated rings. The van der Waals surface area contributed by atoms with Crippen LogP contribution in [0.15, 0.2) is 18.2 Å². The Morgan fingerprint density at radius 1 is 1.37 bits per heavy atom. The van der Waals surface area contributed by atoms with Gasteiger partial charge in [-0.2, -0.15) is 0 Å². The van der Waals surface area contributed by atoms with Crippen LogP contribution in [-0.4, -0.2) is 32.7 Å². The summed E-state index contributed by atoms with van der Waals surface area (Å²) in [5.41, 5.74) is 0.0364. The van der Waals surface area contributed by atoms with E-state index >= 15 is 0 Å². The summed E-state index contributed by atoms with van der Waals surface area (Å²) in [5.74, 6) is -0.559. The lowest BCUT2D eigenvalue weighted by Crippen LogP contribution is -2.30. The van der Waals surface area contributed by atoms with E-state index in [-0.39, 0.29) is 30.9 Å². The number of benzene rings is 1. The molecule has 2 N–H and O–H groups in total. The highest BCUT2D eigenvalue weighted by atomic mass is 32.2. The zero-order valence-electron chi connectivity index (χ0n) is 10.2. The predicted molar refractivity (Wildman–Crippen MR) is 67.6 cm³/mol. The number of hydrogen-bond donors (Lipinski definition) is 2. The average molecular weight is 291 g/mol. The molecule has 106 valence electrons. The number of nitro benzene ring substituents is 1. The molecule has 1 aromatic rings. The van der Waals surface area contributed by atoms with Crippen LogP contribution in [0.5, 0.6) is 0 Å². The van der Waals surface area contributed by atoms with E-state index < -0.39 is 20.8 Å². The molecule has 7 nitrogen and oxygen atoms in total. The van der Waals surface area contributed by atoms with Crippen LogP contribution < -0.4 is 10.0 Å². The Kier molecular flexibility index (Phi) is 5.33. The molecule has 19 heavy (non-hydrogen) atoms. The maximum atomic E-state index is 13.0. The van der Waals surface area contributed by atoms with E-state index in [9.17, 15) is 22.9 Å². The smallest absolute Gasteiger partial charge is 0.274 e. The summed E-state index contributed by atoms with van der Waals surface area (Å²) in [6, 6.07) is 3.20. The predicted octanol–water partition coefficient (Wildman–Crippen LogP) is 0.373. The van der Waals surface area contributed by atoms with Gasteiger partial charge in [-0.3, -0.25) is 10.1 Å². The molecule has 0 atom stereocenters. The molecule has 0 aliphatic carbocycles. The van der Waals surface area contributed by atoms with Gasteiger partial charge >= 0.3 is 0 Å². The second-order valence-corrected chi connectivity index (χ2v) is 5.71. The van der Waals surface area contributed by atoms with Crippen LogP contribution in [0.2, 0.25) is 0 Å². The van der Waals surface area contributed by atoms with Gasteiger partial charge in [-0.05, 0) is 12.1 Å². The zero-order valence-corrected chi connectivity index (χ0v) is 11.0. The third-order valence-electron chi connectivity index (χ3n) is 2.22. The first-order valence-electron chi connectivity index (χ1n) is 5.38. The summed E-state index contributed by atoms with van der Waals surface area (Å²) >= 11 is 0. The fourth-order valence-electron chi connectivity index (χ4n) is 1.42. The summed E-state index contributed by atoms with van der Waals surface area (Å²) in [6.45, 7) is 0.516. The van der Waals surface area contributed by atoms with Gasteiger partial charge in [0.25, 0.3) is 5.69 Å². The number of rotatable bonds is 7. The van der Waals surface area contributed by atoms with Crippen molar-refractivity contribution < 1.29 is 17.7 Å². The van der Waals surface area contributed by atoms with Crippen molar-refractivity contribution in [1.29, 1.82) is 0 Å². The van der Waals surface area contributed by atoms with Gasteiger partial charge in [0.15, 0.2) is 0 Å². The summed E-state index contributed by atoms with van der Waals surface area (Å²) < 4.78 is 36.8.